The van der Waals surface area contributed by atoms with Gasteiger partial charge >= 0.3 is 5.97 Å². The molecule has 1 aliphatic rings. The number of aliphatic hydroxyl groups excluding tert-OH is 1. The monoisotopic (exact) mass is 425 g/mol. The Morgan fingerprint density at radius 3 is 2.94 bits per heavy atom. The Balaban J connectivity index is 1.87. The number of aliphatic hydroxyl groups is 1. The number of benzene rings is 1. The molecule has 3 atom stereocenters. The van der Waals surface area contributed by atoms with Crippen molar-refractivity contribution in [1.82, 2.24) is 4.90 Å². The van der Waals surface area contributed by atoms with E-state index in [1.807, 2.05) is 42.2 Å². The van der Waals surface area contributed by atoms with Crippen molar-refractivity contribution in [2.24, 2.45) is 5.92 Å². The summed E-state index contributed by atoms with van der Waals surface area (Å²) in [6, 6.07) is 7.44. The molecule has 1 unspecified atom stereocenters. The molecule has 0 aromatic heterocycles. The molecular weight excluding hydrogens is 390 g/mol. The van der Waals surface area contributed by atoms with Gasteiger partial charge in [0.1, 0.15) is 0 Å². The van der Waals surface area contributed by atoms with E-state index >= 15 is 0 Å². The van der Waals surface area contributed by atoms with Crippen LogP contribution in [-0.4, -0.2) is 47.7 Å². The maximum absolute atomic E-state index is 12.3. The van der Waals surface area contributed by atoms with E-state index in [9.17, 15) is 14.7 Å². The van der Waals surface area contributed by atoms with Gasteiger partial charge in [0.25, 0.3) is 0 Å². The number of carbonyl (C=O) groups excluding carboxylic acids is 2. The molecule has 1 saturated heterocycles. The molecule has 1 fully saturated rings. The quantitative estimate of drug-likeness (QED) is 0.348. The Morgan fingerprint density at radius 1 is 1.39 bits per heavy atom. The van der Waals surface area contributed by atoms with Crippen LogP contribution < -0.4 is 0 Å². The van der Waals surface area contributed by atoms with Crippen molar-refractivity contribution in [3.05, 3.63) is 47.5 Å². The first-order chi connectivity index (χ1) is 15.0. The van der Waals surface area contributed by atoms with E-state index in [1.165, 1.54) is 7.11 Å². The van der Waals surface area contributed by atoms with Crippen LogP contribution in [0.3, 0.4) is 0 Å². The molecular formula is C26H35NO4. The maximum atomic E-state index is 12.3. The minimum Gasteiger partial charge on any atom is -0.465 e. The second-order valence-electron chi connectivity index (χ2n) is 8.15. The molecule has 168 valence electrons. The normalized spacial score (nSPS) is 18.0. The molecule has 2 rings (SSSR count). The number of aryl methyl sites for hydroxylation is 1. The summed E-state index contributed by atoms with van der Waals surface area (Å²) < 4.78 is 4.77. The molecule has 0 bridgehead atoms. The van der Waals surface area contributed by atoms with Gasteiger partial charge in [-0.1, -0.05) is 38.1 Å². The van der Waals surface area contributed by atoms with Gasteiger partial charge in [-0.25, -0.2) is 4.79 Å². The fourth-order valence-electron chi connectivity index (χ4n) is 3.67. The number of unbranched alkanes of at least 4 members (excludes halogenated alkanes) is 1. The van der Waals surface area contributed by atoms with Gasteiger partial charge in [0.2, 0.25) is 5.91 Å². The van der Waals surface area contributed by atoms with E-state index < -0.39 is 6.10 Å². The Labute approximate surface area is 186 Å². The number of hydrogen-bond acceptors (Lipinski definition) is 4. The van der Waals surface area contributed by atoms with Gasteiger partial charge in [0.05, 0.1) is 24.8 Å². The number of likely N-dealkylation sites (tertiary alicyclic amines) is 1. The van der Waals surface area contributed by atoms with Crippen molar-refractivity contribution in [3.63, 3.8) is 0 Å². The van der Waals surface area contributed by atoms with Crippen LogP contribution in [0, 0.1) is 17.8 Å². The van der Waals surface area contributed by atoms with Crippen LogP contribution in [0.1, 0.15) is 68.3 Å². The minimum atomic E-state index is -0.561. The lowest BCUT2D eigenvalue weighted by molar-refractivity contribution is -0.128. The Bertz CT molecular complexity index is 820. The van der Waals surface area contributed by atoms with E-state index in [1.54, 1.807) is 6.07 Å². The zero-order chi connectivity index (χ0) is 22.6. The number of esters is 1. The van der Waals surface area contributed by atoms with Crippen molar-refractivity contribution < 1.29 is 19.4 Å². The predicted molar refractivity (Wildman–Crippen MR) is 122 cm³/mol. The van der Waals surface area contributed by atoms with Crippen LogP contribution in [0.25, 0.3) is 0 Å². The number of hydrogen-bond donors (Lipinski definition) is 1. The molecule has 5 heteroatoms. The van der Waals surface area contributed by atoms with E-state index in [4.69, 9.17) is 4.74 Å². The third-order valence-electron chi connectivity index (χ3n) is 5.62. The van der Waals surface area contributed by atoms with Gasteiger partial charge < -0.3 is 14.7 Å². The summed E-state index contributed by atoms with van der Waals surface area (Å²) in [5.41, 5.74) is 1.59. The average molecular weight is 426 g/mol. The molecule has 5 nitrogen and oxygen atoms in total. The van der Waals surface area contributed by atoms with Crippen molar-refractivity contribution in [3.8, 4) is 11.8 Å². The highest BCUT2D eigenvalue weighted by molar-refractivity contribution is 5.89. The first-order valence-corrected chi connectivity index (χ1v) is 11.2. The summed E-state index contributed by atoms with van der Waals surface area (Å²) >= 11 is 0. The minimum absolute atomic E-state index is 0.0296. The molecule has 0 spiro atoms. The van der Waals surface area contributed by atoms with Crippen molar-refractivity contribution in [1.29, 1.82) is 0 Å². The largest absolute Gasteiger partial charge is 0.465 e. The SMILES string of the molecule is CCCC#CC[C@H](C)[C@H](O)C=CC1CCC(=O)N1CCCc1cccc(C(=O)OC)c1. The summed E-state index contributed by atoms with van der Waals surface area (Å²) in [4.78, 5) is 25.9. The summed E-state index contributed by atoms with van der Waals surface area (Å²) in [6.07, 6.45) is 8.76. The molecule has 1 aliphatic heterocycles. The smallest absolute Gasteiger partial charge is 0.337 e. The van der Waals surface area contributed by atoms with Crippen LogP contribution in [0.2, 0.25) is 0 Å². The predicted octanol–water partition coefficient (Wildman–Crippen LogP) is 4.14. The molecule has 1 heterocycles. The van der Waals surface area contributed by atoms with E-state index in [0.29, 0.717) is 24.9 Å². The molecule has 0 radical (unpaired) electrons. The highest BCUT2D eigenvalue weighted by atomic mass is 16.5. The van der Waals surface area contributed by atoms with Gasteiger partial charge in [-0.2, -0.15) is 0 Å². The average Bonchev–Trinajstić information content (AvgIpc) is 3.13. The highest BCUT2D eigenvalue weighted by Crippen LogP contribution is 2.22. The topological polar surface area (TPSA) is 66.8 Å². The third-order valence-corrected chi connectivity index (χ3v) is 5.62. The number of rotatable bonds is 10. The summed E-state index contributed by atoms with van der Waals surface area (Å²) in [5, 5.41) is 10.4. The second kappa shape index (κ2) is 13.0. The number of carbonyl (C=O) groups is 2. The first-order valence-electron chi connectivity index (χ1n) is 11.2. The highest BCUT2D eigenvalue weighted by Gasteiger charge is 2.28. The Hall–Kier alpha value is -2.58. The summed E-state index contributed by atoms with van der Waals surface area (Å²) in [6.45, 7) is 4.75. The van der Waals surface area contributed by atoms with Crippen LogP contribution in [0.5, 0.6) is 0 Å². The van der Waals surface area contributed by atoms with Crippen molar-refractivity contribution in [2.75, 3.05) is 13.7 Å². The van der Waals surface area contributed by atoms with Crippen LogP contribution >= 0.6 is 0 Å². The molecule has 1 aromatic rings. The van der Waals surface area contributed by atoms with Gasteiger partial charge in [0.15, 0.2) is 0 Å². The Morgan fingerprint density at radius 2 is 2.19 bits per heavy atom. The number of nitrogens with zero attached hydrogens (tertiary/aromatic N) is 1. The lowest BCUT2D eigenvalue weighted by Crippen LogP contribution is -2.33. The van der Waals surface area contributed by atoms with E-state index in [-0.39, 0.29) is 23.8 Å². The first kappa shape index (κ1) is 24.7. The van der Waals surface area contributed by atoms with Gasteiger partial charge in [-0.15, -0.1) is 11.8 Å². The standard InChI is InChI=1S/C26H35NO4/c1-4-5-6-7-10-20(2)24(28)16-14-23-15-17-25(29)27(23)18-9-12-21-11-8-13-22(19-21)26(30)31-3/h8,11,13-14,16,19-20,23-24,28H,4-5,9-10,12,15,17-18H2,1-3H3/t20-,23?,24+/m0/s1. The van der Waals surface area contributed by atoms with Crippen molar-refractivity contribution >= 4 is 11.9 Å². The maximum Gasteiger partial charge on any atom is 0.337 e. The molecule has 1 aromatic carbocycles. The zero-order valence-electron chi connectivity index (χ0n) is 19.0. The zero-order valence-corrected chi connectivity index (χ0v) is 19.0. The summed E-state index contributed by atoms with van der Waals surface area (Å²) in [5.74, 6) is 6.13. The lowest BCUT2D eigenvalue weighted by atomic mass is 9.99. The molecule has 0 aliphatic carbocycles. The summed E-state index contributed by atoms with van der Waals surface area (Å²) in [7, 11) is 1.37. The second-order valence-corrected chi connectivity index (χ2v) is 8.15. The number of amides is 1. The fraction of sp³-hybridized carbons (Fsp3) is 0.538. The molecule has 0 saturated carbocycles. The van der Waals surface area contributed by atoms with Gasteiger partial charge in [0, 0.05) is 25.8 Å². The molecule has 1 amide bonds. The van der Waals surface area contributed by atoms with E-state index in [2.05, 4.69) is 18.8 Å². The number of methoxy groups -OCH3 is 1. The van der Waals surface area contributed by atoms with Gasteiger partial charge in [-0.05, 0) is 49.3 Å². The van der Waals surface area contributed by atoms with Crippen LogP contribution in [-0.2, 0) is 16.0 Å². The lowest BCUT2D eigenvalue weighted by Gasteiger charge is -2.23. The van der Waals surface area contributed by atoms with Crippen molar-refractivity contribution in [2.45, 2.75) is 70.9 Å². The van der Waals surface area contributed by atoms with Gasteiger partial charge in [-0.3, -0.25) is 4.79 Å². The third kappa shape index (κ3) is 7.88. The van der Waals surface area contributed by atoms with E-state index in [0.717, 1.165) is 37.7 Å². The molecule has 1 N–H and O–H groups in total. The number of ether oxygens (including phenoxy) is 1. The van der Waals surface area contributed by atoms with Crippen LogP contribution in [0.4, 0.5) is 0 Å². The molecule has 31 heavy (non-hydrogen) atoms. The fourth-order valence-corrected chi connectivity index (χ4v) is 3.67. The Kier molecular flexibility index (Phi) is 10.3. The van der Waals surface area contributed by atoms with Crippen LogP contribution in [0.15, 0.2) is 36.4 Å².